The van der Waals surface area contributed by atoms with Crippen LogP contribution in [0.4, 0.5) is 8.78 Å². The lowest BCUT2D eigenvalue weighted by Gasteiger charge is -2.42. The summed E-state index contributed by atoms with van der Waals surface area (Å²) in [5.41, 5.74) is 0.0418. The molecule has 2 saturated heterocycles. The molecule has 2 amide bonds. The van der Waals surface area contributed by atoms with Crippen LogP contribution in [-0.2, 0) is 20.9 Å². The molecular formula is C30H47F2N3O3. The van der Waals surface area contributed by atoms with Crippen LogP contribution in [0.5, 0.6) is 0 Å². The highest BCUT2D eigenvalue weighted by Gasteiger charge is 2.42. The van der Waals surface area contributed by atoms with Gasteiger partial charge in [-0.2, -0.15) is 0 Å². The SMILES string of the molecule is CC(C)C[C@H]1COCCCCCC2(CCN(Cc3cc(F)cc(F)c3)CC2)C(=O)N[C@@H](CC(C)C)C(=O)N1. The molecule has 2 N–H and O–H groups in total. The number of halogens is 2. The number of nitrogens with zero attached hydrogens (tertiary/aromatic N) is 1. The van der Waals surface area contributed by atoms with E-state index in [-0.39, 0.29) is 23.8 Å². The smallest absolute Gasteiger partial charge is 0.242 e. The molecule has 38 heavy (non-hydrogen) atoms. The van der Waals surface area contributed by atoms with Crippen molar-refractivity contribution in [2.75, 3.05) is 26.3 Å². The van der Waals surface area contributed by atoms with Crippen molar-refractivity contribution in [3.05, 3.63) is 35.4 Å². The van der Waals surface area contributed by atoms with Crippen LogP contribution < -0.4 is 10.6 Å². The highest BCUT2D eigenvalue weighted by molar-refractivity contribution is 5.90. The molecule has 0 radical (unpaired) electrons. The molecule has 1 spiro atoms. The van der Waals surface area contributed by atoms with Gasteiger partial charge in [0.05, 0.1) is 18.1 Å². The maximum Gasteiger partial charge on any atom is 0.242 e. The number of rotatable bonds is 6. The molecule has 214 valence electrons. The van der Waals surface area contributed by atoms with Crippen LogP contribution in [0.1, 0.15) is 84.6 Å². The van der Waals surface area contributed by atoms with Crippen molar-refractivity contribution in [2.24, 2.45) is 17.3 Å². The van der Waals surface area contributed by atoms with E-state index in [1.54, 1.807) is 0 Å². The summed E-state index contributed by atoms with van der Waals surface area (Å²) in [4.78, 5) is 29.4. The standard InChI is InChI=1S/C30H47F2N3O3/c1-21(2)14-26-20-38-13-7-5-6-8-30(29(37)34-27(15-22(3)4)28(36)33-26)9-11-35(12-10-30)19-23-16-24(31)18-25(32)17-23/h16-18,21-22,26-27H,5-15,19-20H2,1-4H3,(H,33,36)(H,34,37)/t26-,27-/m0/s1. The van der Waals surface area contributed by atoms with E-state index in [0.717, 1.165) is 38.2 Å². The Balaban J connectivity index is 1.74. The second-order valence-electron chi connectivity index (χ2n) is 12.2. The average Bonchev–Trinajstić information content (AvgIpc) is 2.82. The van der Waals surface area contributed by atoms with Gasteiger partial charge in [-0.05, 0) is 81.1 Å². The Kier molecular flexibility index (Phi) is 11.5. The first-order valence-electron chi connectivity index (χ1n) is 14.4. The molecule has 6 nitrogen and oxygen atoms in total. The fraction of sp³-hybridized carbons (Fsp3) is 0.733. The van der Waals surface area contributed by atoms with Gasteiger partial charge in [0.25, 0.3) is 0 Å². The first-order chi connectivity index (χ1) is 18.1. The number of carbonyl (C=O) groups excluding carboxylic acids is 2. The Labute approximate surface area is 227 Å². The third-order valence-electron chi connectivity index (χ3n) is 7.82. The van der Waals surface area contributed by atoms with Crippen molar-refractivity contribution in [3.8, 4) is 0 Å². The molecule has 8 heteroatoms. The van der Waals surface area contributed by atoms with Crippen molar-refractivity contribution in [1.82, 2.24) is 15.5 Å². The van der Waals surface area contributed by atoms with Gasteiger partial charge in [-0.3, -0.25) is 14.5 Å². The van der Waals surface area contributed by atoms with Gasteiger partial charge in [0, 0.05) is 19.2 Å². The number of benzene rings is 1. The summed E-state index contributed by atoms with van der Waals surface area (Å²) in [7, 11) is 0. The third-order valence-corrected chi connectivity index (χ3v) is 7.82. The van der Waals surface area contributed by atoms with Crippen molar-refractivity contribution in [3.63, 3.8) is 0 Å². The van der Waals surface area contributed by atoms with Crippen molar-refractivity contribution in [1.29, 1.82) is 0 Å². The molecule has 2 aliphatic rings. The molecule has 2 aliphatic heterocycles. The monoisotopic (exact) mass is 535 g/mol. The summed E-state index contributed by atoms with van der Waals surface area (Å²) in [5, 5.41) is 6.32. The van der Waals surface area contributed by atoms with Gasteiger partial charge in [0.1, 0.15) is 17.7 Å². The van der Waals surface area contributed by atoms with E-state index in [9.17, 15) is 18.4 Å². The van der Waals surface area contributed by atoms with E-state index < -0.39 is 23.1 Å². The summed E-state index contributed by atoms with van der Waals surface area (Å²) in [6.45, 7) is 11.3. The fourth-order valence-corrected chi connectivity index (χ4v) is 5.81. The normalized spacial score (nSPS) is 24.3. The summed E-state index contributed by atoms with van der Waals surface area (Å²) in [5.74, 6) is -0.670. The lowest BCUT2D eigenvalue weighted by Crippen LogP contribution is -2.56. The Morgan fingerprint density at radius 2 is 1.58 bits per heavy atom. The molecule has 2 heterocycles. The molecule has 0 aliphatic carbocycles. The van der Waals surface area contributed by atoms with E-state index in [4.69, 9.17) is 4.74 Å². The van der Waals surface area contributed by atoms with Crippen molar-refractivity contribution < 1.29 is 23.1 Å². The van der Waals surface area contributed by atoms with Gasteiger partial charge in [0.2, 0.25) is 11.8 Å². The Morgan fingerprint density at radius 1 is 0.921 bits per heavy atom. The minimum atomic E-state index is -0.592. The molecule has 0 bridgehead atoms. The van der Waals surface area contributed by atoms with Crippen LogP contribution >= 0.6 is 0 Å². The average molecular weight is 536 g/mol. The number of amides is 2. The zero-order chi connectivity index (χ0) is 27.7. The minimum absolute atomic E-state index is 0.0385. The van der Waals surface area contributed by atoms with Gasteiger partial charge in [-0.25, -0.2) is 8.78 Å². The van der Waals surface area contributed by atoms with E-state index in [1.165, 1.54) is 12.1 Å². The third kappa shape index (κ3) is 9.30. The lowest BCUT2D eigenvalue weighted by atomic mass is 9.73. The first-order valence-corrected chi connectivity index (χ1v) is 14.4. The van der Waals surface area contributed by atoms with Crippen LogP contribution in [0.15, 0.2) is 18.2 Å². The van der Waals surface area contributed by atoms with Crippen LogP contribution in [0.2, 0.25) is 0 Å². The van der Waals surface area contributed by atoms with Gasteiger partial charge in [0.15, 0.2) is 0 Å². The predicted octanol–water partition coefficient (Wildman–Crippen LogP) is 5.20. The molecule has 1 aromatic rings. The zero-order valence-corrected chi connectivity index (χ0v) is 23.7. The highest BCUT2D eigenvalue weighted by atomic mass is 19.1. The number of ether oxygens (including phenoxy) is 1. The molecule has 0 saturated carbocycles. The number of hydrogen-bond donors (Lipinski definition) is 2. The van der Waals surface area contributed by atoms with E-state index in [0.29, 0.717) is 63.6 Å². The highest BCUT2D eigenvalue weighted by Crippen LogP contribution is 2.38. The van der Waals surface area contributed by atoms with Crippen LogP contribution in [0, 0.1) is 28.9 Å². The molecule has 2 fully saturated rings. The lowest BCUT2D eigenvalue weighted by molar-refractivity contribution is -0.139. The van der Waals surface area contributed by atoms with Gasteiger partial charge in [-0.15, -0.1) is 0 Å². The topological polar surface area (TPSA) is 70.7 Å². The minimum Gasteiger partial charge on any atom is -0.379 e. The molecule has 2 atom stereocenters. The Hall–Kier alpha value is -2.06. The maximum absolute atomic E-state index is 13.9. The first kappa shape index (κ1) is 30.5. The molecule has 3 rings (SSSR count). The molecular weight excluding hydrogens is 488 g/mol. The molecule has 0 unspecified atom stereocenters. The summed E-state index contributed by atoms with van der Waals surface area (Å²) in [6, 6.07) is 2.94. The summed E-state index contributed by atoms with van der Waals surface area (Å²) >= 11 is 0. The molecule has 0 aromatic heterocycles. The number of piperidine rings is 1. The second-order valence-corrected chi connectivity index (χ2v) is 12.2. The number of hydrogen-bond acceptors (Lipinski definition) is 4. The van der Waals surface area contributed by atoms with Crippen LogP contribution in [-0.4, -0.2) is 55.1 Å². The number of carbonyl (C=O) groups is 2. The van der Waals surface area contributed by atoms with E-state index >= 15 is 0 Å². The van der Waals surface area contributed by atoms with Gasteiger partial charge >= 0.3 is 0 Å². The summed E-state index contributed by atoms with van der Waals surface area (Å²) in [6.07, 6.45) is 6.28. The van der Waals surface area contributed by atoms with Gasteiger partial charge in [-0.1, -0.05) is 40.5 Å². The maximum atomic E-state index is 13.9. The fourth-order valence-electron chi connectivity index (χ4n) is 5.81. The van der Waals surface area contributed by atoms with E-state index in [2.05, 4.69) is 43.2 Å². The van der Waals surface area contributed by atoms with Crippen LogP contribution in [0.3, 0.4) is 0 Å². The largest absolute Gasteiger partial charge is 0.379 e. The Morgan fingerprint density at radius 3 is 2.21 bits per heavy atom. The Bertz CT molecular complexity index is 896. The van der Waals surface area contributed by atoms with Crippen molar-refractivity contribution >= 4 is 11.8 Å². The predicted molar refractivity (Wildman–Crippen MR) is 145 cm³/mol. The number of likely N-dealkylation sites (tertiary alicyclic amines) is 1. The van der Waals surface area contributed by atoms with E-state index in [1.807, 2.05) is 0 Å². The van der Waals surface area contributed by atoms with Crippen molar-refractivity contribution in [2.45, 2.75) is 97.7 Å². The quantitative estimate of drug-likeness (QED) is 0.525. The van der Waals surface area contributed by atoms with Gasteiger partial charge < -0.3 is 15.4 Å². The number of nitrogens with one attached hydrogen (secondary N) is 2. The summed E-state index contributed by atoms with van der Waals surface area (Å²) < 4.78 is 33.3. The molecule has 1 aromatic carbocycles. The van der Waals surface area contributed by atoms with Crippen LogP contribution in [0.25, 0.3) is 0 Å². The zero-order valence-electron chi connectivity index (χ0n) is 23.7. The second kappa shape index (κ2) is 14.4.